The molecule has 0 fully saturated rings. The highest BCUT2D eigenvalue weighted by molar-refractivity contribution is 7.20. The van der Waals surface area contributed by atoms with E-state index in [1.54, 1.807) is 29.0 Å². The number of para-hydroxylation sites is 1. The molecule has 26 heavy (non-hydrogen) atoms. The van der Waals surface area contributed by atoms with E-state index in [1.165, 1.54) is 0 Å². The van der Waals surface area contributed by atoms with Crippen LogP contribution in [0.15, 0.2) is 34.9 Å². The Hall–Kier alpha value is -3.00. The number of benzene rings is 1. The summed E-state index contributed by atoms with van der Waals surface area (Å²) in [6.45, 7) is 1.76. The quantitative estimate of drug-likeness (QED) is 0.600. The van der Waals surface area contributed by atoms with Crippen LogP contribution in [0.1, 0.15) is 33.9 Å². The van der Waals surface area contributed by atoms with Gasteiger partial charge in [0.15, 0.2) is 5.69 Å². The molecule has 4 aromatic rings. The van der Waals surface area contributed by atoms with Gasteiger partial charge < -0.3 is 9.84 Å². The molecule has 0 saturated heterocycles. The van der Waals surface area contributed by atoms with Gasteiger partial charge in [-0.25, -0.2) is 4.98 Å². The van der Waals surface area contributed by atoms with Crippen molar-refractivity contribution >= 4 is 33.3 Å². The van der Waals surface area contributed by atoms with Gasteiger partial charge in [0.05, 0.1) is 15.9 Å². The zero-order valence-electron chi connectivity index (χ0n) is 14.0. The third-order valence-corrected chi connectivity index (χ3v) is 5.48. The van der Waals surface area contributed by atoms with Gasteiger partial charge in [-0.3, -0.25) is 4.79 Å². The molecule has 130 valence electrons. The number of carbonyl (C=O) groups excluding carboxylic acids is 1. The molecular formula is C18H15N5O2S. The van der Waals surface area contributed by atoms with Crippen molar-refractivity contribution in [1.82, 2.24) is 19.9 Å². The van der Waals surface area contributed by atoms with Crippen LogP contribution in [0.25, 0.3) is 15.3 Å². The van der Waals surface area contributed by atoms with Crippen molar-refractivity contribution in [1.29, 1.82) is 0 Å². The molecule has 1 aliphatic rings. The number of aryl methyl sites for hydroxylation is 2. The fourth-order valence-corrected chi connectivity index (χ4v) is 4.18. The molecule has 0 spiro atoms. The maximum Gasteiger partial charge on any atom is 0.279 e. The predicted octanol–water partition coefficient (Wildman–Crippen LogP) is 3.52. The highest BCUT2D eigenvalue weighted by Gasteiger charge is 2.26. The molecule has 8 heteroatoms. The largest absolute Gasteiger partial charge is 0.361 e. The Morgan fingerprint density at radius 3 is 3.00 bits per heavy atom. The van der Waals surface area contributed by atoms with Crippen molar-refractivity contribution in [3.8, 4) is 5.13 Å². The van der Waals surface area contributed by atoms with E-state index < -0.39 is 0 Å². The Labute approximate surface area is 152 Å². The van der Waals surface area contributed by atoms with E-state index in [4.69, 9.17) is 9.62 Å². The fourth-order valence-electron chi connectivity index (χ4n) is 3.25. The molecule has 3 aromatic heterocycles. The van der Waals surface area contributed by atoms with E-state index in [0.29, 0.717) is 11.6 Å². The summed E-state index contributed by atoms with van der Waals surface area (Å²) in [4.78, 5) is 17.3. The standard InChI is InChI=1S/C18H15N5O2S/c1-10-9-14(22-25-10)17(24)20-16-11-5-4-7-12(11)21-23(16)18-19-13-6-2-3-8-15(13)26-18/h2-3,6,8-9H,4-5,7H2,1H3,(H,20,24). The van der Waals surface area contributed by atoms with E-state index in [-0.39, 0.29) is 11.6 Å². The minimum Gasteiger partial charge on any atom is -0.361 e. The number of nitrogens with zero attached hydrogens (tertiary/aromatic N) is 4. The Morgan fingerprint density at radius 2 is 2.19 bits per heavy atom. The number of aromatic nitrogens is 4. The number of carbonyl (C=O) groups is 1. The molecule has 7 nitrogen and oxygen atoms in total. The molecule has 0 saturated carbocycles. The van der Waals surface area contributed by atoms with Gasteiger partial charge in [-0.05, 0) is 38.3 Å². The molecule has 0 atom stereocenters. The maximum atomic E-state index is 12.6. The van der Waals surface area contributed by atoms with Crippen LogP contribution in [-0.2, 0) is 12.8 Å². The van der Waals surface area contributed by atoms with Gasteiger partial charge in [-0.2, -0.15) is 9.78 Å². The molecule has 0 bridgehead atoms. The second-order valence-electron chi connectivity index (χ2n) is 6.28. The first-order valence-electron chi connectivity index (χ1n) is 8.40. The number of anilines is 1. The maximum absolute atomic E-state index is 12.6. The summed E-state index contributed by atoms with van der Waals surface area (Å²) in [6, 6.07) is 9.58. The van der Waals surface area contributed by atoms with Crippen molar-refractivity contribution in [2.24, 2.45) is 0 Å². The van der Waals surface area contributed by atoms with Crippen LogP contribution in [-0.4, -0.2) is 25.8 Å². The van der Waals surface area contributed by atoms with E-state index in [9.17, 15) is 4.79 Å². The first-order chi connectivity index (χ1) is 12.7. The lowest BCUT2D eigenvalue weighted by molar-refractivity contribution is 0.101. The Kier molecular flexibility index (Phi) is 3.39. The van der Waals surface area contributed by atoms with E-state index in [1.807, 2.05) is 24.3 Å². The molecule has 0 unspecified atom stereocenters. The lowest BCUT2D eigenvalue weighted by Crippen LogP contribution is -2.16. The van der Waals surface area contributed by atoms with Crippen LogP contribution >= 0.6 is 11.3 Å². The SMILES string of the molecule is Cc1cc(C(=O)Nc2c3c(nn2-c2nc4ccccc4s2)CCC3)no1. The lowest BCUT2D eigenvalue weighted by Gasteiger charge is -2.07. The predicted molar refractivity (Wildman–Crippen MR) is 98.0 cm³/mol. The monoisotopic (exact) mass is 365 g/mol. The molecule has 3 heterocycles. The summed E-state index contributed by atoms with van der Waals surface area (Å²) in [5, 5.41) is 12.2. The minimum absolute atomic E-state index is 0.256. The average Bonchev–Trinajstić information content (AvgIpc) is 3.38. The highest BCUT2D eigenvalue weighted by Crippen LogP contribution is 2.33. The van der Waals surface area contributed by atoms with Crippen LogP contribution < -0.4 is 5.32 Å². The third kappa shape index (κ3) is 2.41. The number of fused-ring (bicyclic) bond motifs is 2. The number of hydrogen-bond donors (Lipinski definition) is 1. The Balaban J connectivity index is 1.59. The molecule has 0 aliphatic heterocycles. The summed E-state index contributed by atoms with van der Waals surface area (Å²) < 4.78 is 7.84. The third-order valence-electron chi connectivity index (χ3n) is 4.46. The van der Waals surface area contributed by atoms with Gasteiger partial charge >= 0.3 is 0 Å². The average molecular weight is 365 g/mol. The molecule has 1 aromatic carbocycles. The summed E-state index contributed by atoms with van der Waals surface area (Å²) in [5.74, 6) is 0.973. The van der Waals surface area contributed by atoms with Crippen LogP contribution in [0, 0.1) is 6.92 Å². The number of amides is 1. The second-order valence-corrected chi connectivity index (χ2v) is 7.29. The first kappa shape index (κ1) is 15.3. The Morgan fingerprint density at radius 1 is 1.31 bits per heavy atom. The smallest absolute Gasteiger partial charge is 0.279 e. The minimum atomic E-state index is -0.307. The number of rotatable bonds is 3. The van der Waals surface area contributed by atoms with Crippen LogP contribution in [0.5, 0.6) is 0 Å². The van der Waals surface area contributed by atoms with Gasteiger partial charge in [-0.1, -0.05) is 28.6 Å². The van der Waals surface area contributed by atoms with Crippen molar-refractivity contribution < 1.29 is 9.32 Å². The van der Waals surface area contributed by atoms with Gasteiger partial charge in [0, 0.05) is 11.6 Å². The van der Waals surface area contributed by atoms with Crippen molar-refractivity contribution in [3.63, 3.8) is 0 Å². The second kappa shape index (κ2) is 5.77. The highest BCUT2D eigenvalue weighted by atomic mass is 32.1. The number of thiazole rings is 1. The summed E-state index contributed by atoms with van der Waals surface area (Å²) in [6.07, 6.45) is 2.86. The number of nitrogens with one attached hydrogen (secondary N) is 1. The van der Waals surface area contributed by atoms with Crippen molar-refractivity contribution in [3.05, 3.63) is 53.0 Å². The zero-order chi connectivity index (χ0) is 17.7. The Bertz CT molecular complexity index is 1110. The van der Waals surface area contributed by atoms with Crippen LogP contribution in [0.2, 0.25) is 0 Å². The van der Waals surface area contributed by atoms with Crippen LogP contribution in [0.4, 0.5) is 5.82 Å². The molecular weight excluding hydrogens is 350 g/mol. The van der Waals surface area contributed by atoms with Crippen molar-refractivity contribution in [2.45, 2.75) is 26.2 Å². The summed E-state index contributed by atoms with van der Waals surface area (Å²) in [5.41, 5.74) is 3.28. The van der Waals surface area contributed by atoms with E-state index >= 15 is 0 Å². The molecule has 0 radical (unpaired) electrons. The lowest BCUT2D eigenvalue weighted by atomic mass is 10.2. The van der Waals surface area contributed by atoms with Gasteiger partial charge in [-0.15, -0.1) is 0 Å². The van der Waals surface area contributed by atoms with Crippen molar-refractivity contribution in [2.75, 3.05) is 5.32 Å². The van der Waals surface area contributed by atoms with Gasteiger partial charge in [0.25, 0.3) is 5.91 Å². The van der Waals surface area contributed by atoms with E-state index in [0.717, 1.165) is 45.9 Å². The molecule has 1 N–H and O–H groups in total. The van der Waals surface area contributed by atoms with Gasteiger partial charge in [0.2, 0.25) is 5.13 Å². The fraction of sp³-hybridized carbons (Fsp3) is 0.222. The van der Waals surface area contributed by atoms with E-state index in [2.05, 4.69) is 15.5 Å². The topological polar surface area (TPSA) is 85.8 Å². The summed E-state index contributed by atoms with van der Waals surface area (Å²) in [7, 11) is 0. The summed E-state index contributed by atoms with van der Waals surface area (Å²) >= 11 is 1.55. The molecule has 5 rings (SSSR count). The van der Waals surface area contributed by atoms with Gasteiger partial charge in [0.1, 0.15) is 11.6 Å². The molecule has 1 aliphatic carbocycles. The normalized spacial score (nSPS) is 13.3. The molecule has 1 amide bonds. The number of hydrogen-bond acceptors (Lipinski definition) is 6. The first-order valence-corrected chi connectivity index (χ1v) is 9.22. The van der Waals surface area contributed by atoms with Crippen LogP contribution in [0.3, 0.4) is 0 Å². The zero-order valence-corrected chi connectivity index (χ0v) is 14.8.